The van der Waals surface area contributed by atoms with Crippen LogP contribution in [0.2, 0.25) is 5.02 Å². The van der Waals surface area contributed by atoms with Crippen LogP contribution in [0.15, 0.2) is 18.2 Å². The molecule has 0 atom stereocenters. The van der Waals surface area contributed by atoms with E-state index < -0.39 is 11.9 Å². The van der Waals surface area contributed by atoms with Crippen molar-refractivity contribution in [1.29, 1.82) is 0 Å². The van der Waals surface area contributed by atoms with E-state index in [0.29, 0.717) is 10.9 Å². The summed E-state index contributed by atoms with van der Waals surface area (Å²) >= 11 is 5.90. The van der Waals surface area contributed by atoms with E-state index >= 15 is 0 Å². The molecule has 1 aromatic carbocycles. The number of hydrogen-bond donors (Lipinski definition) is 2. The van der Waals surface area contributed by atoms with E-state index in [9.17, 15) is 9.59 Å². The van der Waals surface area contributed by atoms with Gasteiger partial charge in [0.2, 0.25) is 0 Å². The Balaban J connectivity index is 2.76. The lowest BCUT2D eigenvalue weighted by atomic mass is 10.1. The largest absolute Gasteiger partial charge is 0.477 e. The minimum absolute atomic E-state index is 0.00702. The van der Waals surface area contributed by atoms with E-state index in [-0.39, 0.29) is 16.3 Å². The van der Waals surface area contributed by atoms with Crippen LogP contribution in [0.5, 0.6) is 0 Å². The summed E-state index contributed by atoms with van der Waals surface area (Å²) in [6.07, 6.45) is 0. The molecule has 6 heteroatoms. The number of H-pyrrole nitrogens is 1. The summed E-state index contributed by atoms with van der Waals surface area (Å²) in [5.74, 6) is -1.70. The van der Waals surface area contributed by atoms with Crippen LogP contribution in [0, 0.1) is 0 Å². The molecule has 2 aromatic rings. The molecule has 0 aliphatic carbocycles. The Morgan fingerprint density at radius 2 is 2.12 bits per heavy atom. The Morgan fingerprint density at radius 1 is 1.41 bits per heavy atom. The summed E-state index contributed by atoms with van der Waals surface area (Å²) in [7, 11) is 1.24. The van der Waals surface area contributed by atoms with Crippen molar-refractivity contribution in [1.82, 2.24) is 4.98 Å². The number of carbonyl (C=O) groups is 2. The number of hydrogen-bond acceptors (Lipinski definition) is 3. The number of nitrogens with one attached hydrogen (secondary N) is 1. The lowest BCUT2D eigenvalue weighted by Crippen LogP contribution is -2.02. The molecule has 0 saturated heterocycles. The molecular weight excluding hydrogens is 246 g/mol. The van der Waals surface area contributed by atoms with Gasteiger partial charge in [-0.25, -0.2) is 9.59 Å². The third kappa shape index (κ3) is 1.85. The highest BCUT2D eigenvalue weighted by Gasteiger charge is 2.18. The van der Waals surface area contributed by atoms with Gasteiger partial charge in [0.1, 0.15) is 5.69 Å². The van der Waals surface area contributed by atoms with Crippen LogP contribution in [-0.4, -0.2) is 29.1 Å². The topological polar surface area (TPSA) is 79.4 Å². The van der Waals surface area contributed by atoms with Crippen LogP contribution in [0.4, 0.5) is 0 Å². The Kier molecular flexibility index (Phi) is 2.77. The molecule has 1 aromatic heterocycles. The molecule has 2 rings (SSSR count). The molecule has 0 spiro atoms. The zero-order valence-electron chi connectivity index (χ0n) is 8.78. The number of aromatic carboxylic acids is 1. The van der Waals surface area contributed by atoms with Crippen LogP contribution in [0.3, 0.4) is 0 Å². The summed E-state index contributed by atoms with van der Waals surface area (Å²) in [6, 6.07) is 4.48. The van der Waals surface area contributed by atoms with Gasteiger partial charge in [0.05, 0.1) is 17.7 Å². The number of aromatic amines is 1. The molecule has 0 aliphatic rings. The van der Waals surface area contributed by atoms with E-state index in [1.54, 1.807) is 6.07 Å². The van der Waals surface area contributed by atoms with E-state index in [2.05, 4.69) is 9.72 Å². The van der Waals surface area contributed by atoms with Crippen molar-refractivity contribution < 1.29 is 19.4 Å². The van der Waals surface area contributed by atoms with Gasteiger partial charge in [-0.05, 0) is 18.2 Å². The number of rotatable bonds is 2. The van der Waals surface area contributed by atoms with Crippen LogP contribution < -0.4 is 0 Å². The molecule has 0 unspecified atom stereocenters. The molecule has 0 aliphatic heterocycles. The monoisotopic (exact) mass is 253 g/mol. The highest BCUT2D eigenvalue weighted by Crippen LogP contribution is 2.27. The van der Waals surface area contributed by atoms with E-state index in [1.807, 2.05) is 0 Å². The molecule has 5 nitrogen and oxygen atoms in total. The predicted molar refractivity (Wildman–Crippen MR) is 61.6 cm³/mol. The smallest absolute Gasteiger partial charge is 0.352 e. The third-order valence-electron chi connectivity index (χ3n) is 2.37. The number of ether oxygens (including phenoxy) is 1. The Bertz CT molecular complexity index is 617. The lowest BCUT2D eigenvalue weighted by Gasteiger charge is -2.03. The number of esters is 1. The number of carboxylic acids is 1. The van der Waals surface area contributed by atoms with Crippen molar-refractivity contribution in [2.75, 3.05) is 7.11 Å². The minimum Gasteiger partial charge on any atom is -0.477 e. The standard InChI is InChI=1S/C11H8ClNO4/c1-17-11(16)9-5-4-8(10(14)15)13-7(5)3-2-6(9)12/h2-4,13H,1H3,(H,14,15). The predicted octanol–water partition coefficient (Wildman–Crippen LogP) is 2.31. The molecule has 0 bridgehead atoms. The number of aromatic nitrogens is 1. The van der Waals surface area contributed by atoms with Crippen LogP contribution in [0.1, 0.15) is 20.8 Å². The highest BCUT2D eigenvalue weighted by atomic mass is 35.5. The van der Waals surface area contributed by atoms with Crippen molar-refractivity contribution in [3.8, 4) is 0 Å². The SMILES string of the molecule is COC(=O)c1c(Cl)ccc2[nH]c(C(=O)O)cc12. The minimum atomic E-state index is -1.10. The van der Waals surface area contributed by atoms with Gasteiger partial charge in [-0.3, -0.25) is 0 Å². The summed E-state index contributed by atoms with van der Waals surface area (Å²) in [5.41, 5.74) is 0.676. The fourth-order valence-corrected chi connectivity index (χ4v) is 1.84. The van der Waals surface area contributed by atoms with E-state index in [4.69, 9.17) is 16.7 Å². The fourth-order valence-electron chi connectivity index (χ4n) is 1.60. The van der Waals surface area contributed by atoms with Crippen LogP contribution in [0.25, 0.3) is 10.9 Å². The molecule has 1 heterocycles. The van der Waals surface area contributed by atoms with Gasteiger partial charge in [-0.2, -0.15) is 0 Å². The first-order valence-corrected chi connectivity index (χ1v) is 5.05. The summed E-state index contributed by atoms with van der Waals surface area (Å²) < 4.78 is 4.61. The zero-order valence-corrected chi connectivity index (χ0v) is 9.54. The first kappa shape index (κ1) is 11.5. The number of benzene rings is 1. The van der Waals surface area contributed by atoms with Gasteiger partial charge in [-0.15, -0.1) is 0 Å². The molecule has 17 heavy (non-hydrogen) atoms. The Morgan fingerprint density at radius 3 is 2.71 bits per heavy atom. The maximum absolute atomic E-state index is 11.6. The second-order valence-electron chi connectivity index (χ2n) is 3.36. The Hall–Kier alpha value is -2.01. The van der Waals surface area contributed by atoms with Gasteiger partial charge in [0, 0.05) is 10.9 Å². The van der Waals surface area contributed by atoms with Gasteiger partial charge in [0.25, 0.3) is 0 Å². The number of carbonyl (C=O) groups excluding carboxylic acids is 1. The molecule has 0 fully saturated rings. The van der Waals surface area contributed by atoms with Crippen LogP contribution in [-0.2, 0) is 4.74 Å². The molecule has 0 saturated carbocycles. The molecule has 0 radical (unpaired) electrons. The lowest BCUT2D eigenvalue weighted by molar-refractivity contribution is 0.0602. The Labute approximate surface area is 101 Å². The summed E-state index contributed by atoms with van der Waals surface area (Å²) in [6.45, 7) is 0. The maximum Gasteiger partial charge on any atom is 0.352 e. The quantitative estimate of drug-likeness (QED) is 0.805. The third-order valence-corrected chi connectivity index (χ3v) is 2.69. The van der Waals surface area contributed by atoms with Gasteiger partial charge in [-0.1, -0.05) is 11.6 Å². The van der Waals surface area contributed by atoms with Gasteiger partial charge < -0.3 is 14.8 Å². The van der Waals surface area contributed by atoms with Crippen molar-refractivity contribution in [3.63, 3.8) is 0 Å². The van der Waals surface area contributed by atoms with Crippen molar-refractivity contribution in [2.45, 2.75) is 0 Å². The van der Waals surface area contributed by atoms with Crippen LogP contribution >= 0.6 is 11.6 Å². The number of carboxylic acid groups (broad SMARTS) is 1. The normalized spacial score (nSPS) is 10.5. The molecule has 2 N–H and O–H groups in total. The van der Waals surface area contributed by atoms with Crippen molar-refractivity contribution in [2.24, 2.45) is 0 Å². The number of methoxy groups -OCH3 is 1. The van der Waals surface area contributed by atoms with Gasteiger partial charge >= 0.3 is 11.9 Å². The molecule has 0 amide bonds. The number of fused-ring (bicyclic) bond motifs is 1. The number of halogens is 1. The highest BCUT2D eigenvalue weighted by molar-refractivity contribution is 6.35. The second kappa shape index (κ2) is 4.10. The first-order valence-electron chi connectivity index (χ1n) is 4.67. The average Bonchev–Trinajstić information content (AvgIpc) is 2.72. The molecular formula is C11H8ClNO4. The summed E-state index contributed by atoms with van der Waals surface area (Å²) in [4.78, 5) is 25.1. The second-order valence-corrected chi connectivity index (χ2v) is 3.77. The zero-order chi connectivity index (χ0) is 12.6. The average molecular weight is 254 g/mol. The van der Waals surface area contributed by atoms with Crippen molar-refractivity contribution in [3.05, 3.63) is 34.5 Å². The maximum atomic E-state index is 11.6. The first-order chi connectivity index (χ1) is 8.04. The van der Waals surface area contributed by atoms with Crippen molar-refractivity contribution >= 4 is 34.4 Å². The van der Waals surface area contributed by atoms with E-state index in [0.717, 1.165) is 0 Å². The van der Waals surface area contributed by atoms with Gasteiger partial charge in [0.15, 0.2) is 0 Å². The van der Waals surface area contributed by atoms with E-state index in [1.165, 1.54) is 19.2 Å². The fraction of sp³-hybridized carbons (Fsp3) is 0.0909. The summed E-state index contributed by atoms with van der Waals surface area (Å²) in [5, 5.41) is 9.52. The molecule has 88 valence electrons.